The number of halogens is 1. The fourth-order valence-corrected chi connectivity index (χ4v) is 2.08. The van der Waals surface area contributed by atoms with Crippen LogP contribution in [0.4, 0.5) is 15.8 Å². The second-order valence-corrected chi connectivity index (χ2v) is 5.24. The van der Waals surface area contributed by atoms with Crippen LogP contribution >= 0.6 is 0 Å². The molecule has 1 amide bonds. The first-order valence-corrected chi connectivity index (χ1v) is 7.30. The van der Waals surface area contributed by atoms with E-state index in [2.05, 4.69) is 5.32 Å². The highest BCUT2D eigenvalue weighted by Gasteiger charge is 2.14. The average Bonchev–Trinajstić information content (AvgIpc) is 2.56. The number of hydrogen-bond donors (Lipinski definition) is 1. The molecular formula is C17H15FN2O5. The summed E-state index contributed by atoms with van der Waals surface area (Å²) in [5.41, 5.74) is 0.711. The van der Waals surface area contributed by atoms with Crippen molar-refractivity contribution < 1.29 is 23.6 Å². The molecule has 25 heavy (non-hydrogen) atoms. The molecule has 0 aromatic heterocycles. The van der Waals surface area contributed by atoms with Gasteiger partial charge in [-0.25, -0.2) is 4.39 Å². The number of nitrogens with one attached hydrogen (secondary N) is 1. The van der Waals surface area contributed by atoms with Crippen LogP contribution in [-0.2, 0) is 20.7 Å². The van der Waals surface area contributed by atoms with Gasteiger partial charge in [0, 0.05) is 17.3 Å². The molecule has 0 saturated carbocycles. The SMILES string of the molecule is Cc1ccc(NC(=O)COC(=O)Cc2ccccc2F)cc1[N+](=O)[O-]. The molecule has 0 atom stereocenters. The van der Waals surface area contributed by atoms with Crippen molar-refractivity contribution in [3.63, 3.8) is 0 Å². The number of benzene rings is 2. The maximum Gasteiger partial charge on any atom is 0.310 e. The summed E-state index contributed by atoms with van der Waals surface area (Å²) in [6.07, 6.45) is -0.296. The van der Waals surface area contributed by atoms with Crippen LogP contribution in [0.25, 0.3) is 0 Å². The van der Waals surface area contributed by atoms with E-state index in [4.69, 9.17) is 4.74 Å². The van der Waals surface area contributed by atoms with Crippen LogP contribution in [0.3, 0.4) is 0 Å². The van der Waals surface area contributed by atoms with Crippen molar-refractivity contribution in [1.29, 1.82) is 0 Å². The van der Waals surface area contributed by atoms with Gasteiger partial charge in [-0.05, 0) is 24.6 Å². The Morgan fingerprint density at radius 3 is 2.64 bits per heavy atom. The van der Waals surface area contributed by atoms with E-state index in [1.165, 1.54) is 36.4 Å². The molecule has 0 aliphatic heterocycles. The average molecular weight is 346 g/mol. The van der Waals surface area contributed by atoms with E-state index in [0.717, 1.165) is 0 Å². The minimum atomic E-state index is -0.755. The van der Waals surface area contributed by atoms with E-state index < -0.39 is 29.2 Å². The van der Waals surface area contributed by atoms with Gasteiger partial charge in [0.15, 0.2) is 6.61 Å². The van der Waals surface area contributed by atoms with E-state index in [1.807, 2.05) is 0 Å². The Hall–Kier alpha value is -3.29. The fraction of sp³-hybridized carbons (Fsp3) is 0.176. The second-order valence-electron chi connectivity index (χ2n) is 5.24. The molecule has 1 N–H and O–H groups in total. The maximum absolute atomic E-state index is 13.4. The first kappa shape index (κ1) is 18.1. The van der Waals surface area contributed by atoms with Crippen molar-refractivity contribution in [3.8, 4) is 0 Å². The molecule has 0 spiro atoms. The number of nitro groups is 1. The zero-order valence-electron chi connectivity index (χ0n) is 13.3. The molecular weight excluding hydrogens is 331 g/mol. The van der Waals surface area contributed by atoms with E-state index in [1.54, 1.807) is 13.0 Å². The first-order chi connectivity index (χ1) is 11.9. The second kappa shape index (κ2) is 8.00. The van der Waals surface area contributed by atoms with Crippen LogP contribution in [0, 0.1) is 22.9 Å². The zero-order valence-corrected chi connectivity index (χ0v) is 13.3. The van der Waals surface area contributed by atoms with Gasteiger partial charge in [0.2, 0.25) is 0 Å². The molecule has 0 aliphatic carbocycles. The summed E-state index contributed by atoms with van der Waals surface area (Å²) >= 11 is 0. The lowest BCUT2D eigenvalue weighted by Gasteiger charge is -2.08. The van der Waals surface area contributed by atoms with Gasteiger partial charge in [0.25, 0.3) is 11.6 Å². The molecule has 2 rings (SSSR count). The quantitative estimate of drug-likeness (QED) is 0.493. The predicted octanol–water partition coefficient (Wildman–Crippen LogP) is 2.77. The van der Waals surface area contributed by atoms with Crippen molar-refractivity contribution in [3.05, 3.63) is 69.5 Å². The molecule has 8 heteroatoms. The molecule has 0 bridgehead atoms. The van der Waals surface area contributed by atoms with Crippen molar-refractivity contribution >= 4 is 23.3 Å². The van der Waals surface area contributed by atoms with Crippen LogP contribution in [0.1, 0.15) is 11.1 Å². The number of nitro benzene ring substituents is 1. The Labute approximate surface area is 142 Å². The van der Waals surface area contributed by atoms with Gasteiger partial charge in [-0.1, -0.05) is 24.3 Å². The Balaban J connectivity index is 1.88. The lowest BCUT2D eigenvalue weighted by atomic mass is 10.1. The molecule has 2 aromatic rings. The summed E-state index contributed by atoms with van der Waals surface area (Å²) in [5, 5.41) is 13.3. The van der Waals surface area contributed by atoms with Crippen molar-refractivity contribution in [2.75, 3.05) is 11.9 Å². The minimum absolute atomic E-state index is 0.130. The van der Waals surface area contributed by atoms with E-state index in [9.17, 15) is 24.1 Å². The third-order valence-corrected chi connectivity index (χ3v) is 3.35. The number of esters is 1. The van der Waals surface area contributed by atoms with Gasteiger partial charge in [0.1, 0.15) is 5.82 Å². The Kier molecular flexibility index (Phi) is 5.78. The summed E-state index contributed by atoms with van der Waals surface area (Å²) in [7, 11) is 0. The van der Waals surface area contributed by atoms with Crippen molar-refractivity contribution in [2.45, 2.75) is 13.3 Å². The van der Waals surface area contributed by atoms with Crippen molar-refractivity contribution in [1.82, 2.24) is 0 Å². The number of carbonyl (C=O) groups is 2. The Bertz CT molecular complexity index is 822. The van der Waals surface area contributed by atoms with Crippen LogP contribution in [-0.4, -0.2) is 23.4 Å². The summed E-state index contributed by atoms with van der Waals surface area (Å²) in [6, 6.07) is 9.97. The highest BCUT2D eigenvalue weighted by atomic mass is 19.1. The smallest absolute Gasteiger partial charge is 0.310 e. The summed E-state index contributed by atoms with van der Waals surface area (Å²) in [6.45, 7) is 1.00. The molecule has 0 aliphatic rings. The van der Waals surface area contributed by atoms with Gasteiger partial charge < -0.3 is 10.1 Å². The number of ether oxygens (including phenoxy) is 1. The van der Waals surface area contributed by atoms with Crippen molar-refractivity contribution in [2.24, 2.45) is 0 Å². The first-order valence-electron chi connectivity index (χ1n) is 7.30. The standard InChI is InChI=1S/C17H15FN2O5/c1-11-6-7-13(9-15(11)20(23)24)19-16(21)10-25-17(22)8-12-4-2-3-5-14(12)18/h2-7,9H,8,10H2,1H3,(H,19,21). The largest absolute Gasteiger partial charge is 0.455 e. The topological polar surface area (TPSA) is 98.5 Å². The molecule has 0 heterocycles. The number of hydrogen-bond acceptors (Lipinski definition) is 5. The number of aryl methyl sites for hydroxylation is 1. The number of anilines is 1. The summed E-state index contributed by atoms with van der Waals surface area (Å²) in [4.78, 5) is 33.7. The summed E-state index contributed by atoms with van der Waals surface area (Å²) in [5.74, 6) is -1.94. The van der Waals surface area contributed by atoms with E-state index >= 15 is 0 Å². The monoisotopic (exact) mass is 346 g/mol. The fourth-order valence-electron chi connectivity index (χ4n) is 2.08. The number of rotatable bonds is 6. The molecule has 0 radical (unpaired) electrons. The van der Waals surface area contributed by atoms with Gasteiger partial charge in [-0.3, -0.25) is 19.7 Å². The van der Waals surface area contributed by atoms with E-state index in [-0.39, 0.29) is 23.4 Å². The lowest BCUT2D eigenvalue weighted by Crippen LogP contribution is -2.21. The van der Waals surface area contributed by atoms with Crippen LogP contribution in [0.15, 0.2) is 42.5 Å². The molecule has 0 saturated heterocycles. The molecule has 2 aromatic carbocycles. The normalized spacial score (nSPS) is 10.2. The van der Waals surface area contributed by atoms with Gasteiger partial charge in [0.05, 0.1) is 11.3 Å². The minimum Gasteiger partial charge on any atom is -0.455 e. The van der Waals surface area contributed by atoms with E-state index in [0.29, 0.717) is 5.56 Å². The predicted molar refractivity (Wildman–Crippen MR) is 87.5 cm³/mol. The van der Waals surface area contributed by atoms with Crippen LogP contribution < -0.4 is 5.32 Å². The molecule has 0 fully saturated rings. The highest BCUT2D eigenvalue weighted by Crippen LogP contribution is 2.22. The Morgan fingerprint density at radius 1 is 1.24 bits per heavy atom. The lowest BCUT2D eigenvalue weighted by molar-refractivity contribution is -0.385. The number of amides is 1. The maximum atomic E-state index is 13.4. The summed E-state index contributed by atoms with van der Waals surface area (Å²) < 4.78 is 18.2. The van der Waals surface area contributed by atoms with Crippen LogP contribution in [0.5, 0.6) is 0 Å². The highest BCUT2D eigenvalue weighted by molar-refractivity contribution is 5.93. The van der Waals surface area contributed by atoms with Gasteiger partial charge in [-0.15, -0.1) is 0 Å². The molecule has 0 unspecified atom stereocenters. The zero-order chi connectivity index (χ0) is 18.4. The van der Waals surface area contributed by atoms with Gasteiger partial charge in [-0.2, -0.15) is 0 Å². The third-order valence-electron chi connectivity index (χ3n) is 3.35. The van der Waals surface area contributed by atoms with Gasteiger partial charge >= 0.3 is 5.97 Å². The Morgan fingerprint density at radius 2 is 1.96 bits per heavy atom. The molecule has 130 valence electrons. The number of nitrogens with zero attached hydrogens (tertiary/aromatic N) is 1. The van der Waals surface area contributed by atoms with Crippen LogP contribution in [0.2, 0.25) is 0 Å². The molecule has 7 nitrogen and oxygen atoms in total. The number of carbonyl (C=O) groups excluding carboxylic acids is 2. The third kappa shape index (κ3) is 5.10.